The van der Waals surface area contributed by atoms with Gasteiger partial charge in [0.05, 0.1) is 18.8 Å². The van der Waals surface area contributed by atoms with Crippen molar-refractivity contribution < 1.29 is 14.0 Å². The van der Waals surface area contributed by atoms with E-state index in [1.165, 1.54) is 12.8 Å². The largest absolute Gasteiger partial charge is 0.467 e. The Morgan fingerprint density at radius 1 is 1.24 bits per heavy atom. The molecule has 3 rings (SSSR count). The first-order valence-electron chi connectivity index (χ1n) is 9.48. The summed E-state index contributed by atoms with van der Waals surface area (Å²) in [6.45, 7) is 3.99. The molecule has 0 bridgehead atoms. The highest BCUT2D eigenvalue weighted by Crippen LogP contribution is 2.21. The highest BCUT2D eigenvalue weighted by atomic mass is 16.3. The van der Waals surface area contributed by atoms with Gasteiger partial charge in [0, 0.05) is 12.0 Å². The van der Waals surface area contributed by atoms with Gasteiger partial charge in [0.2, 0.25) is 11.8 Å². The zero-order chi connectivity index (χ0) is 17.6. The summed E-state index contributed by atoms with van der Waals surface area (Å²) >= 11 is 0. The number of amides is 2. The Labute approximate surface area is 149 Å². The minimum absolute atomic E-state index is 0.0244. The summed E-state index contributed by atoms with van der Waals surface area (Å²) < 4.78 is 5.23. The zero-order valence-electron chi connectivity index (χ0n) is 15.0. The number of carbonyl (C=O) groups excluding carboxylic acids is 2. The van der Waals surface area contributed by atoms with Gasteiger partial charge < -0.3 is 15.1 Å². The van der Waals surface area contributed by atoms with E-state index >= 15 is 0 Å². The lowest BCUT2D eigenvalue weighted by Crippen LogP contribution is -2.51. The molecule has 1 aliphatic carbocycles. The van der Waals surface area contributed by atoms with Crippen molar-refractivity contribution in [1.82, 2.24) is 15.5 Å². The van der Waals surface area contributed by atoms with Gasteiger partial charge in [-0.15, -0.1) is 0 Å². The van der Waals surface area contributed by atoms with Crippen molar-refractivity contribution in [2.45, 2.75) is 64.1 Å². The van der Waals surface area contributed by atoms with Gasteiger partial charge in [-0.25, -0.2) is 0 Å². The van der Waals surface area contributed by atoms with E-state index in [1.807, 2.05) is 19.1 Å². The first kappa shape index (κ1) is 18.0. The smallest absolute Gasteiger partial charge is 0.237 e. The first-order valence-corrected chi connectivity index (χ1v) is 9.48. The van der Waals surface area contributed by atoms with E-state index in [-0.39, 0.29) is 23.8 Å². The van der Waals surface area contributed by atoms with Crippen LogP contribution < -0.4 is 10.6 Å². The third kappa shape index (κ3) is 4.84. The molecule has 6 nitrogen and oxygen atoms in total. The van der Waals surface area contributed by atoms with Gasteiger partial charge in [0.1, 0.15) is 5.76 Å². The molecule has 0 radical (unpaired) electrons. The number of nitrogens with zero attached hydrogens (tertiary/aromatic N) is 1. The molecule has 138 valence electrons. The molecule has 2 heterocycles. The first-order chi connectivity index (χ1) is 12.1. The number of hydrogen-bond donors (Lipinski definition) is 2. The summed E-state index contributed by atoms with van der Waals surface area (Å²) in [7, 11) is 0. The van der Waals surface area contributed by atoms with Crippen LogP contribution in [0.1, 0.15) is 51.2 Å². The molecular weight excluding hydrogens is 318 g/mol. The van der Waals surface area contributed by atoms with Gasteiger partial charge in [-0.3, -0.25) is 14.5 Å². The van der Waals surface area contributed by atoms with Crippen LogP contribution in [-0.4, -0.2) is 41.9 Å². The van der Waals surface area contributed by atoms with E-state index in [2.05, 4.69) is 15.5 Å². The van der Waals surface area contributed by atoms with Gasteiger partial charge in [-0.1, -0.05) is 12.8 Å². The Kier molecular flexibility index (Phi) is 6.13. The summed E-state index contributed by atoms with van der Waals surface area (Å²) in [4.78, 5) is 26.9. The highest BCUT2D eigenvalue weighted by Gasteiger charge is 2.30. The van der Waals surface area contributed by atoms with Crippen LogP contribution in [-0.2, 0) is 16.1 Å². The van der Waals surface area contributed by atoms with E-state index in [0.29, 0.717) is 12.6 Å². The highest BCUT2D eigenvalue weighted by molar-refractivity contribution is 5.82. The van der Waals surface area contributed by atoms with Crippen molar-refractivity contribution in [2.24, 2.45) is 5.92 Å². The Balaban J connectivity index is 1.39. The van der Waals surface area contributed by atoms with Crippen molar-refractivity contribution in [3.05, 3.63) is 24.2 Å². The van der Waals surface area contributed by atoms with Gasteiger partial charge >= 0.3 is 0 Å². The molecule has 0 spiro atoms. The van der Waals surface area contributed by atoms with Gasteiger partial charge in [0.25, 0.3) is 0 Å². The molecule has 6 heteroatoms. The van der Waals surface area contributed by atoms with Crippen molar-refractivity contribution >= 4 is 11.8 Å². The van der Waals surface area contributed by atoms with E-state index < -0.39 is 0 Å². The van der Waals surface area contributed by atoms with Crippen molar-refractivity contribution in [2.75, 3.05) is 13.1 Å². The molecule has 2 fully saturated rings. The van der Waals surface area contributed by atoms with Crippen LogP contribution in [0.15, 0.2) is 22.8 Å². The van der Waals surface area contributed by atoms with Gasteiger partial charge in [0.15, 0.2) is 0 Å². The Morgan fingerprint density at radius 3 is 2.60 bits per heavy atom. The van der Waals surface area contributed by atoms with Gasteiger partial charge in [-0.05, 0) is 57.8 Å². The molecule has 25 heavy (non-hydrogen) atoms. The summed E-state index contributed by atoms with van der Waals surface area (Å²) in [6.07, 6.45) is 7.86. The van der Waals surface area contributed by atoms with Crippen LogP contribution in [0.3, 0.4) is 0 Å². The number of nitrogens with one attached hydrogen (secondary N) is 2. The number of likely N-dealkylation sites (tertiary alicyclic amines) is 1. The Hall–Kier alpha value is -1.82. The maximum atomic E-state index is 12.4. The Morgan fingerprint density at radius 2 is 1.96 bits per heavy atom. The second kappa shape index (κ2) is 8.52. The lowest BCUT2D eigenvalue weighted by atomic mass is 9.95. The third-order valence-electron chi connectivity index (χ3n) is 5.55. The molecule has 1 saturated carbocycles. The van der Waals surface area contributed by atoms with Crippen molar-refractivity contribution in [1.29, 1.82) is 0 Å². The normalized spacial score (nSPS) is 21.2. The zero-order valence-corrected chi connectivity index (χ0v) is 15.0. The number of hydrogen-bond acceptors (Lipinski definition) is 4. The summed E-state index contributed by atoms with van der Waals surface area (Å²) in [5, 5.41) is 6.11. The minimum Gasteiger partial charge on any atom is -0.467 e. The van der Waals surface area contributed by atoms with E-state index in [0.717, 1.165) is 44.5 Å². The van der Waals surface area contributed by atoms with Crippen LogP contribution in [0.4, 0.5) is 0 Å². The minimum atomic E-state index is -0.118. The number of rotatable bonds is 6. The lowest BCUT2D eigenvalue weighted by molar-refractivity contribution is -0.129. The monoisotopic (exact) mass is 347 g/mol. The fraction of sp³-hybridized carbons (Fsp3) is 0.684. The number of piperidine rings is 1. The number of carbonyl (C=O) groups is 2. The van der Waals surface area contributed by atoms with Crippen LogP contribution in [0.25, 0.3) is 0 Å². The average Bonchev–Trinajstić information content (AvgIpc) is 3.33. The quantitative estimate of drug-likeness (QED) is 0.826. The molecule has 1 saturated heterocycles. The Bertz CT molecular complexity index is 558. The van der Waals surface area contributed by atoms with E-state index in [4.69, 9.17) is 4.42 Å². The summed E-state index contributed by atoms with van der Waals surface area (Å²) in [5.74, 6) is 1.01. The summed E-state index contributed by atoms with van der Waals surface area (Å²) in [6, 6.07) is 3.92. The molecule has 1 aromatic rings. The fourth-order valence-corrected chi connectivity index (χ4v) is 3.84. The summed E-state index contributed by atoms with van der Waals surface area (Å²) in [5.41, 5.74) is 0. The maximum absolute atomic E-state index is 12.4. The SMILES string of the molecule is CC(C(=O)NC1CCCC1)N1CCC(C(=O)NCc2ccco2)CC1. The standard InChI is InChI=1S/C19H29N3O3/c1-14(18(23)21-16-5-2-3-6-16)22-10-8-15(9-11-22)19(24)20-13-17-7-4-12-25-17/h4,7,12,14-16H,2-3,5-6,8-11,13H2,1H3,(H,20,24)(H,21,23). The molecule has 0 aromatic carbocycles. The van der Waals surface area contributed by atoms with Crippen LogP contribution in [0.5, 0.6) is 0 Å². The maximum Gasteiger partial charge on any atom is 0.237 e. The molecule has 1 aliphatic heterocycles. The van der Waals surface area contributed by atoms with Crippen LogP contribution in [0.2, 0.25) is 0 Å². The van der Waals surface area contributed by atoms with Gasteiger partial charge in [-0.2, -0.15) is 0 Å². The van der Waals surface area contributed by atoms with Crippen LogP contribution in [0, 0.1) is 5.92 Å². The lowest BCUT2D eigenvalue weighted by Gasteiger charge is -2.35. The predicted octanol–water partition coefficient (Wildman–Crippen LogP) is 2.06. The molecule has 2 aliphatic rings. The van der Waals surface area contributed by atoms with Crippen LogP contribution >= 0.6 is 0 Å². The van der Waals surface area contributed by atoms with E-state index in [1.54, 1.807) is 6.26 Å². The topological polar surface area (TPSA) is 74.6 Å². The molecule has 1 unspecified atom stereocenters. The van der Waals surface area contributed by atoms with E-state index in [9.17, 15) is 9.59 Å². The molecule has 2 N–H and O–H groups in total. The fourth-order valence-electron chi connectivity index (χ4n) is 3.84. The second-order valence-corrected chi connectivity index (χ2v) is 7.27. The molecule has 1 aromatic heterocycles. The van der Waals surface area contributed by atoms with Crippen molar-refractivity contribution in [3.8, 4) is 0 Å². The number of furan rings is 1. The van der Waals surface area contributed by atoms with Crippen molar-refractivity contribution in [3.63, 3.8) is 0 Å². The third-order valence-corrected chi connectivity index (χ3v) is 5.55. The molecule has 2 amide bonds. The predicted molar refractivity (Wildman–Crippen MR) is 94.7 cm³/mol. The second-order valence-electron chi connectivity index (χ2n) is 7.27. The molecular formula is C19H29N3O3. The average molecular weight is 347 g/mol. The molecule has 1 atom stereocenters.